The highest BCUT2D eigenvalue weighted by Crippen LogP contribution is 2.38. The Labute approximate surface area is 126 Å². The Morgan fingerprint density at radius 3 is 2.95 bits per heavy atom. The number of rotatable bonds is 3. The molecule has 21 heavy (non-hydrogen) atoms. The molecule has 1 aliphatic rings. The quantitative estimate of drug-likeness (QED) is 0.863. The Kier molecular flexibility index (Phi) is 3.16. The van der Waals surface area contributed by atoms with Crippen LogP contribution in [0.2, 0.25) is 0 Å². The van der Waals surface area contributed by atoms with Crippen LogP contribution in [0.4, 0.5) is 14.5 Å². The monoisotopic (exact) mass is 300 g/mol. The first-order valence-electron chi connectivity index (χ1n) is 7.78. The summed E-state index contributed by atoms with van der Waals surface area (Å²) in [6, 6.07) is 4.20. The van der Waals surface area contributed by atoms with Gasteiger partial charge >= 0.3 is 0 Å². The van der Waals surface area contributed by atoms with Crippen LogP contribution in [-0.2, 0) is 0 Å². The van der Waals surface area contributed by atoms with Gasteiger partial charge in [-0.25, -0.2) is 8.78 Å². The van der Waals surface area contributed by atoms with E-state index in [4.69, 9.17) is 19.3 Å². The largest absolute Gasteiger partial charge is 0.493 e. The van der Waals surface area contributed by atoms with Gasteiger partial charge in [0, 0.05) is 13.0 Å². The molecule has 0 aromatic heterocycles. The molecule has 1 saturated heterocycles. The highest BCUT2D eigenvalue weighted by molar-refractivity contribution is 5.66. The van der Waals surface area contributed by atoms with Crippen LogP contribution in [0.5, 0.6) is 11.5 Å². The Morgan fingerprint density at radius 1 is 1.57 bits per heavy atom. The van der Waals surface area contributed by atoms with Crippen molar-refractivity contribution < 1.29 is 22.4 Å². The lowest BCUT2D eigenvalue weighted by Gasteiger charge is -2.36. The molecule has 1 fully saturated rings. The lowest BCUT2D eigenvalue weighted by Crippen LogP contribution is -2.52. The second-order valence-corrected chi connectivity index (χ2v) is 4.96. The minimum Gasteiger partial charge on any atom is -0.493 e. The molecule has 5 nitrogen and oxygen atoms in total. The molecule has 0 amide bonds. The molecule has 1 aliphatic heterocycles. The number of nitrogens with two attached hydrogens (primary N) is 1. The number of anilines is 1. The van der Waals surface area contributed by atoms with Gasteiger partial charge in [-0.15, -0.1) is 0 Å². The van der Waals surface area contributed by atoms with Crippen molar-refractivity contribution >= 4 is 5.69 Å². The van der Waals surface area contributed by atoms with E-state index in [0.29, 0.717) is 6.54 Å². The number of piperidine rings is 1. The first-order chi connectivity index (χ1) is 11.0. The minimum atomic E-state index is -3.17. The Bertz CT molecular complexity index is 662. The van der Waals surface area contributed by atoms with Crippen molar-refractivity contribution in [2.24, 2.45) is 0 Å². The van der Waals surface area contributed by atoms with E-state index < -0.39 is 25.6 Å². The van der Waals surface area contributed by atoms with Gasteiger partial charge in [0.2, 0.25) is 0 Å². The number of nitrogen functional groups attached to an aromatic ring is 1. The fourth-order valence-electron chi connectivity index (χ4n) is 2.27. The molecule has 0 spiro atoms. The molecule has 1 heterocycles. The zero-order valence-electron chi connectivity index (χ0n) is 14.4. The minimum absolute atomic E-state index is 0.0103. The fourth-order valence-corrected chi connectivity index (χ4v) is 2.27. The molecule has 0 aliphatic carbocycles. The van der Waals surface area contributed by atoms with E-state index in [1.807, 2.05) is 0 Å². The molecule has 1 atom stereocenters. The fraction of sp³-hybridized carbons (Fsp3) is 0.500. The first-order valence-corrected chi connectivity index (χ1v) is 6.28. The molecule has 2 N–H and O–H groups in total. The second kappa shape index (κ2) is 5.74. The summed E-state index contributed by atoms with van der Waals surface area (Å²) >= 11 is 0. The average Bonchev–Trinajstić information content (AvgIpc) is 2.42. The van der Waals surface area contributed by atoms with Crippen LogP contribution in [0.3, 0.4) is 0 Å². The predicted octanol–water partition coefficient (Wildman–Crippen LogP) is 1.87. The van der Waals surface area contributed by atoms with Gasteiger partial charge in [-0.2, -0.15) is 5.26 Å². The number of likely N-dealkylation sites (tertiary alicyclic amines) is 1. The van der Waals surface area contributed by atoms with Crippen LogP contribution < -0.4 is 15.2 Å². The van der Waals surface area contributed by atoms with Gasteiger partial charge in [0.05, 0.1) is 23.4 Å². The summed E-state index contributed by atoms with van der Waals surface area (Å²) in [5, 5.41) is 9.22. The molecule has 114 valence electrons. The van der Waals surface area contributed by atoms with Gasteiger partial charge in [0.25, 0.3) is 5.92 Å². The van der Waals surface area contributed by atoms with Crippen LogP contribution in [0.15, 0.2) is 12.1 Å². The Hall–Kier alpha value is -2.07. The van der Waals surface area contributed by atoms with E-state index in [1.54, 1.807) is 13.1 Å². The smallest absolute Gasteiger partial charge is 0.296 e. The highest BCUT2D eigenvalue weighted by atomic mass is 19.3. The van der Waals surface area contributed by atoms with Crippen molar-refractivity contribution in [1.29, 1.82) is 5.26 Å². The number of benzene rings is 1. The van der Waals surface area contributed by atoms with Gasteiger partial charge in [0.1, 0.15) is 11.6 Å². The third-order valence-electron chi connectivity index (χ3n) is 3.36. The highest BCUT2D eigenvalue weighted by Gasteiger charge is 2.46. The molecule has 0 bridgehead atoms. The zero-order chi connectivity index (χ0) is 18.1. The van der Waals surface area contributed by atoms with E-state index in [1.165, 1.54) is 17.0 Å². The van der Waals surface area contributed by atoms with Crippen molar-refractivity contribution in [2.75, 3.05) is 32.9 Å². The summed E-state index contributed by atoms with van der Waals surface area (Å²) in [7, 11) is -1.26. The normalized spacial score (nSPS) is 24.3. The van der Waals surface area contributed by atoms with Gasteiger partial charge in [-0.05, 0) is 19.2 Å². The molecule has 1 aromatic rings. The Morgan fingerprint density at radius 2 is 2.33 bits per heavy atom. The summed E-state index contributed by atoms with van der Waals surface area (Å²) in [5.41, 5.74) is 5.42. The second-order valence-electron chi connectivity index (χ2n) is 4.96. The maximum atomic E-state index is 14.2. The molecular formula is C14H17F2N3O2. The van der Waals surface area contributed by atoms with Crippen LogP contribution in [0.25, 0.3) is 0 Å². The lowest BCUT2D eigenvalue weighted by molar-refractivity contribution is -0.135. The average molecular weight is 300 g/mol. The van der Waals surface area contributed by atoms with E-state index in [-0.39, 0.29) is 29.2 Å². The van der Waals surface area contributed by atoms with E-state index in [9.17, 15) is 14.0 Å². The number of methoxy groups -OCH3 is 1. The third kappa shape index (κ3) is 3.00. The molecule has 0 radical (unpaired) electrons. The standard InChI is InChI=1S/C14H17F2N3O2/c1-19-6-5-12(14(15,16)8-19)21-13-9(7-17)10(18)3-4-11(13)20-2/h3-4,12H,5-6,8,18H2,1-2H3/i2D3. The number of ether oxygens (including phenoxy) is 2. The molecule has 2 rings (SSSR count). The van der Waals surface area contributed by atoms with E-state index in [2.05, 4.69) is 0 Å². The SMILES string of the molecule is [2H]C([2H])([2H])Oc1ccc(N)c(C#N)c1OC1CCN(C)CC1(F)F. The predicted molar refractivity (Wildman–Crippen MR) is 73.6 cm³/mol. The summed E-state index contributed by atoms with van der Waals surface area (Å²) in [6.45, 7) is -0.128. The van der Waals surface area contributed by atoms with Crippen molar-refractivity contribution in [1.82, 2.24) is 4.90 Å². The number of hydrogen-bond donors (Lipinski definition) is 1. The van der Waals surface area contributed by atoms with Gasteiger partial charge in [-0.1, -0.05) is 0 Å². The van der Waals surface area contributed by atoms with Crippen molar-refractivity contribution in [2.45, 2.75) is 18.4 Å². The van der Waals surface area contributed by atoms with Gasteiger partial charge in [0.15, 0.2) is 17.6 Å². The number of alkyl halides is 2. The van der Waals surface area contributed by atoms with Crippen LogP contribution in [-0.4, -0.2) is 44.1 Å². The van der Waals surface area contributed by atoms with E-state index >= 15 is 0 Å². The molecule has 0 saturated carbocycles. The molecule has 1 aromatic carbocycles. The first kappa shape index (κ1) is 11.6. The number of nitriles is 1. The number of halogens is 2. The topological polar surface area (TPSA) is 71.5 Å². The van der Waals surface area contributed by atoms with Gasteiger partial charge < -0.3 is 20.1 Å². The maximum Gasteiger partial charge on any atom is 0.296 e. The van der Waals surface area contributed by atoms with E-state index in [0.717, 1.165) is 0 Å². The summed E-state index contributed by atoms with van der Waals surface area (Å²) in [5.74, 6) is -3.86. The van der Waals surface area contributed by atoms with Crippen LogP contribution in [0, 0.1) is 11.3 Å². The van der Waals surface area contributed by atoms with Crippen molar-refractivity contribution in [3.63, 3.8) is 0 Å². The molecule has 1 unspecified atom stereocenters. The van der Waals surface area contributed by atoms with Gasteiger partial charge in [-0.3, -0.25) is 0 Å². The third-order valence-corrected chi connectivity index (χ3v) is 3.36. The van der Waals surface area contributed by atoms with Crippen LogP contribution in [0.1, 0.15) is 16.1 Å². The molecular weight excluding hydrogens is 280 g/mol. The Balaban J connectivity index is 2.40. The van der Waals surface area contributed by atoms with Crippen LogP contribution >= 0.6 is 0 Å². The lowest BCUT2D eigenvalue weighted by atomic mass is 10.0. The van der Waals surface area contributed by atoms with Crippen molar-refractivity contribution in [3.05, 3.63) is 17.7 Å². The zero-order valence-corrected chi connectivity index (χ0v) is 11.4. The number of nitrogens with zero attached hydrogens (tertiary/aromatic N) is 2. The molecule has 7 heteroatoms. The number of hydrogen-bond acceptors (Lipinski definition) is 5. The summed E-state index contributed by atoms with van der Waals surface area (Å²) < 4.78 is 59.9. The summed E-state index contributed by atoms with van der Waals surface area (Å²) in [4.78, 5) is 1.46. The van der Waals surface area contributed by atoms with Crippen molar-refractivity contribution in [3.8, 4) is 17.6 Å². The maximum absolute atomic E-state index is 14.2. The summed E-state index contributed by atoms with van der Waals surface area (Å²) in [6.07, 6.45) is -1.50.